The zero-order valence-electron chi connectivity index (χ0n) is 13.8. The van der Waals surface area contributed by atoms with Crippen LogP contribution in [0.4, 0.5) is 0 Å². The largest absolute Gasteiger partial charge is 0.378 e. The van der Waals surface area contributed by atoms with E-state index in [1.54, 1.807) is 0 Å². The number of nitrogens with zero attached hydrogens (tertiary/aromatic N) is 1. The van der Waals surface area contributed by atoms with Gasteiger partial charge >= 0.3 is 0 Å². The summed E-state index contributed by atoms with van der Waals surface area (Å²) in [6.07, 6.45) is 2.32. The van der Waals surface area contributed by atoms with Crippen LogP contribution in [0.3, 0.4) is 0 Å². The van der Waals surface area contributed by atoms with E-state index in [1.807, 2.05) is 0 Å². The van der Waals surface area contributed by atoms with Crippen molar-refractivity contribution in [2.24, 2.45) is 0 Å². The summed E-state index contributed by atoms with van der Waals surface area (Å²) in [6.45, 7) is 11.7. The highest BCUT2D eigenvalue weighted by Gasteiger charge is 2.30. The normalized spacial score (nSPS) is 20.3. The zero-order valence-corrected chi connectivity index (χ0v) is 13.8. The zero-order chi connectivity index (χ0) is 15.1. The molecular formula is C18H30N2O. The third-order valence-corrected chi connectivity index (χ3v) is 4.35. The van der Waals surface area contributed by atoms with Gasteiger partial charge in [0.25, 0.3) is 0 Å². The number of morpholine rings is 1. The minimum absolute atomic E-state index is 0.157. The number of benzene rings is 1. The quantitative estimate of drug-likeness (QED) is 0.834. The maximum absolute atomic E-state index is 5.61. The van der Waals surface area contributed by atoms with Crippen LogP contribution < -0.4 is 5.32 Å². The first-order valence-corrected chi connectivity index (χ1v) is 8.24. The number of rotatable bonds is 7. The Morgan fingerprint density at radius 1 is 1.29 bits per heavy atom. The average molecular weight is 290 g/mol. The molecule has 1 aliphatic heterocycles. The third-order valence-electron chi connectivity index (χ3n) is 4.35. The van der Waals surface area contributed by atoms with Crippen LogP contribution in [0, 0.1) is 0 Å². The first-order valence-electron chi connectivity index (χ1n) is 8.24. The minimum Gasteiger partial charge on any atom is -0.378 e. The Morgan fingerprint density at radius 3 is 2.71 bits per heavy atom. The molecule has 0 amide bonds. The van der Waals surface area contributed by atoms with Gasteiger partial charge in [0, 0.05) is 24.7 Å². The first kappa shape index (κ1) is 16.5. The summed E-state index contributed by atoms with van der Waals surface area (Å²) >= 11 is 0. The van der Waals surface area contributed by atoms with Gasteiger partial charge in [-0.2, -0.15) is 0 Å². The molecule has 1 unspecified atom stereocenters. The average Bonchev–Trinajstić information content (AvgIpc) is 2.49. The molecule has 0 radical (unpaired) electrons. The molecule has 1 saturated heterocycles. The Balaban J connectivity index is 1.95. The van der Waals surface area contributed by atoms with Crippen molar-refractivity contribution >= 4 is 0 Å². The fraction of sp³-hybridized carbons (Fsp3) is 0.667. The molecule has 3 nitrogen and oxygen atoms in total. The van der Waals surface area contributed by atoms with E-state index < -0.39 is 0 Å². The monoisotopic (exact) mass is 290 g/mol. The number of nitrogens with one attached hydrogen (secondary N) is 1. The molecule has 1 heterocycles. The third kappa shape index (κ3) is 4.80. The van der Waals surface area contributed by atoms with Crippen molar-refractivity contribution in [3.8, 4) is 0 Å². The van der Waals surface area contributed by atoms with Gasteiger partial charge in [-0.3, -0.25) is 4.90 Å². The van der Waals surface area contributed by atoms with Gasteiger partial charge < -0.3 is 10.1 Å². The molecule has 1 N–H and O–H groups in total. The summed E-state index contributed by atoms with van der Waals surface area (Å²) in [7, 11) is 0. The standard InChI is InChI=1S/C18H30N2O/c1-4-11-19-17(16-8-6-5-7-9-16)10-12-20-13-14-21-15-18(20,2)3/h5-9,17,19H,4,10-15H2,1-3H3. The molecular weight excluding hydrogens is 260 g/mol. The van der Waals surface area contributed by atoms with Gasteiger partial charge in [0.05, 0.1) is 13.2 Å². The molecule has 1 atom stereocenters. The van der Waals surface area contributed by atoms with Crippen molar-refractivity contribution in [3.05, 3.63) is 35.9 Å². The van der Waals surface area contributed by atoms with Crippen LogP contribution in [0.5, 0.6) is 0 Å². The van der Waals surface area contributed by atoms with Crippen LogP contribution in [0.2, 0.25) is 0 Å². The van der Waals surface area contributed by atoms with Gasteiger partial charge in [-0.15, -0.1) is 0 Å². The highest BCUT2D eigenvalue weighted by Crippen LogP contribution is 2.23. The summed E-state index contributed by atoms with van der Waals surface area (Å²) in [5.74, 6) is 0. The molecule has 1 aliphatic rings. The second kappa shape index (κ2) is 7.92. The lowest BCUT2D eigenvalue weighted by Crippen LogP contribution is -2.53. The SMILES string of the molecule is CCCNC(CCN1CCOCC1(C)C)c1ccccc1. The molecule has 0 aliphatic carbocycles. The van der Waals surface area contributed by atoms with Gasteiger partial charge in [-0.05, 0) is 38.8 Å². The van der Waals surface area contributed by atoms with Crippen molar-refractivity contribution in [2.45, 2.75) is 45.2 Å². The van der Waals surface area contributed by atoms with Crippen molar-refractivity contribution < 1.29 is 4.74 Å². The molecule has 0 bridgehead atoms. The topological polar surface area (TPSA) is 24.5 Å². The molecule has 1 aromatic carbocycles. The van der Waals surface area contributed by atoms with Crippen molar-refractivity contribution in [1.82, 2.24) is 10.2 Å². The summed E-state index contributed by atoms with van der Waals surface area (Å²) < 4.78 is 5.61. The summed E-state index contributed by atoms with van der Waals surface area (Å²) in [4.78, 5) is 2.57. The second-order valence-corrected chi connectivity index (χ2v) is 6.56. The van der Waals surface area contributed by atoms with Crippen LogP contribution in [0.1, 0.15) is 45.2 Å². The lowest BCUT2D eigenvalue weighted by atomic mass is 9.99. The summed E-state index contributed by atoms with van der Waals surface area (Å²) in [5, 5.41) is 3.69. The molecule has 21 heavy (non-hydrogen) atoms. The summed E-state index contributed by atoms with van der Waals surface area (Å²) in [6, 6.07) is 11.3. The van der Waals surface area contributed by atoms with E-state index in [-0.39, 0.29) is 5.54 Å². The van der Waals surface area contributed by atoms with E-state index >= 15 is 0 Å². The van der Waals surface area contributed by atoms with Crippen molar-refractivity contribution in [1.29, 1.82) is 0 Å². The lowest BCUT2D eigenvalue weighted by molar-refractivity contribution is -0.0521. The number of hydrogen-bond acceptors (Lipinski definition) is 3. The first-order chi connectivity index (χ1) is 10.1. The highest BCUT2D eigenvalue weighted by atomic mass is 16.5. The van der Waals surface area contributed by atoms with E-state index in [9.17, 15) is 0 Å². The molecule has 1 aromatic rings. The minimum atomic E-state index is 0.157. The Kier molecular flexibility index (Phi) is 6.22. The van der Waals surface area contributed by atoms with E-state index in [0.29, 0.717) is 6.04 Å². The van der Waals surface area contributed by atoms with E-state index in [1.165, 1.54) is 12.0 Å². The van der Waals surface area contributed by atoms with E-state index in [4.69, 9.17) is 4.74 Å². The lowest BCUT2D eigenvalue weighted by Gasteiger charge is -2.42. The molecule has 1 fully saturated rings. The van der Waals surface area contributed by atoms with Crippen LogP contribution >= 0.6 is 0 Å². The maximum Gasteiger partial charge on any atom is 0.0645 e. The van der Waals surface area contributed by atoms with Crippen molar-refractivity contribution in [2.75, 3.05) is 32.8 Å². The van der Waals surface area contributed by atoms with Crippen LogP contribution in [-0.2, 0) is 4.74 Å². The van der Waals surface area contributed by atoms with E-state index in [0.717, 1.165) is 39.3 Å². The molecule has 0 aromatic heterocycles. The Morgan fingerprint density at radius 2 is 2.05 bits per heavy atom. The van der Waals surface area contributed by atoms with Crippen LogP contribution in [-0.4, -0.2) is 43.3 Å². The van der Waals surface area contributed by atoms with Crippen LogP contribution in [0.25, 0.3) is 0 Å². The predicted molar refractivity (Wildman–Crippen MR) is 88.6 cm³/mol. The van der Waals surface area contributed by atoms with Crippen molar-refractivity contribution in [3.63, 3.8) is 0 Å². The molecule has 0 saturated carbocycles. The highest BCUT2D eigenvalue weighted by molar-refractivity contribution is 5.18. The number of ether oxygens (including phenoxy) is 1. The van der Waals surface area contributed by atoms with Gasteiger partial charge in [0.1, 0.15) is 0 Å². The fourth-order valence-corrected chi connectivity index (χ4v) is 2.98. The van der Waals surface area contributed by atoms with Gasteiger partial charge in [-0.1, -0.05) is 37.3 Å². The van der Waals surface area contributed by atoms with Gasteiger partial charge in [-0.25, -0.2) is 0 Å². The molecule has 0 spiro atoms. The summed E-state index contributed by atoms with van der Waals surface area (Å²) in [5.41, 5.74) is 1.56. The molecule has 2 rings (SSSR count). The van der Waals surface area contributed by atoms with Crippen LogP contribution in [0.15, 0.2) is 30.3 Å². The Hall–Kier alpha value is -0.900. The van der Waals surface area contributed by atoms with Gasteiger partial charge in [0.15, 0.2) is 0 Å². The predicted octanol–water partition coefficient (Wildman–Crippen LogP) is 3.23. The van der Waals surface area contributed by atoms with E-state index in [2.05, 4.69) is 61.3 Å². The van der Waals surface area contributed by atoms with Gasteiger partial charge in [0.2, 0.25) is 0 Å². The fourth-order valence-electron chi connectivity index (χ4n) is 2.98. The Bertz CT molecular complexity index is 405. The Labute approximate surface area is 129 Å². The smallest absolute Gasteiger partial charge is 0.0645 e. The molecule has 118 valence electrons. The number of hydrogen-bond donors (Lipinski definition) is 1. The molecule has 3 heteroatoms. The second-order valence-electron chi connectivity index (χ2n) is 6.56. The maximum atomic E-state index is 5.61.